The van der Waals surface area contributed by atoms with Crippen LogP contribution in [0.5, 0.6) is 0 Å². The molecule has 6 heteroatoms. The van der Waals surface area contributed by atoms with Crippen LogP contribution >= 0.6 is 0 Å². The normalized spacial score (nSPS) is 9.60. The lowest BCUT2D eigenvalue weighted by atomic mass is 10.3. The quantitative estimate of drug-likeness (QED) is 0.619. The molecule has 0 N–H and O–H groups in total. The Morgan fingerprint density at radius 1 is 0.900 bits per heavy atom. The number of hydrogen-bond acceptors (Lipinski definition) is 4. The molecule has 0 fully saturated rings. The molecular weight excluding hydrogens is 256 g/mol. The lowest BCUT2D eigenvalue weighted by Gasteiger charge is -2.07. The molecular formula is C14H12N4O2. The number of aromatic nitrogens is 4. The summed E-state index contributed by atoms with van der Waals surface area (Å²) in [5.41, 5.74) is 0.0569. The zero-order valence-electron chi connectivity index (χ0n) is 11.6. The average Bonchev–Trinajstić information content (AvgIpc) is 2.44. The summed E-state index contributed by atoms with van der Waals surface area (Å²) in [6.45, 7) is 3.33. The second kappa shape index (κ2) is 5.02. The van der Waals surface area contributed by atoms with E-state index in [2.05, 4.69) is 33.6 Å². The van der Waals surface area contributed by atoms with Crippen LogP contribution in [0.4, 0.5) is 0 Å². The minimum Gasteiger partial charge on any atom is -0.279 e. The van der Waals surface area contributed by atoms with E-state index >= 15 is 0 Å². The number of fused-ring (bicyclic) bond motifs is 1. The molecule has 0 spiro atoms. The minimum absolute atomic E-state index is 0.106. The second-order valence-electron chi connectivity index (χ2n) is 4.05. The van der Waals surface area contributed by atoms with E-state index in [0.29, 0.717) is 11.4 Å². The molecule has 0 aliphatic heterocycles. The van der Waals surface area contributed by atoms with E-state index in [1.54, 1.807) is 13.8 Å². The highest BCUT2D eigenvalue weighted by atomic mass is 16.2. The molecule has 0 aliphatic rings. The summed E-state index contributed by atoms with van der Waals surface area (Å²) in [6.07, 6.45) is 0. The molecule has 0 amide bonds. The molecule has 20 heavy (non-hydrogen) atoms. The molecule has 0 bridgehead atoms. The maximum absolute atomic E-state index is 12.1. The Bertz CT molecular complexity index is 943. The smallest absolute Gasteiger partial charge is 0.279 e. The number of rotatable bonds is 0. The molecule has 0 aliphatic carbocycles. The maximum atomic E-state index is 12.1. The van der Waals surface area contributed by atoms with Gasteiger partial charge in [0.2, 0.25) is 0 Å². The zero-order chi connectivity index (χ0) is 14.9. The first-order valence-electron chi connectivity index (χ1n) is 5.84. The molecule has 100 valence electrons. The summed E-state index contributed by atoms with van der Waals surface area (Å²) in [6, 6.07) is 0. The minimum atomic E-state index is -0.495. The van der Waals surface area contributed by atoms with Gasteiger partial charge in [0.05, 0.1) is 0 Å². The van der Waals surface area contributed by atoms with Crippen molar-refractivity contribution in [2.24, 2.45) is 14.1 Å². The Balaban J connectivity index is 3.08. The molecule has 0 saturated heterocycles. The van der Waals surface area contributed by atoms with Gasteiger partial charge in [-0.1, -0.05) is 11.8 Å². The highest BCUT2D eigenvalue weighted by Gasteiger charge is 2.14. The summed E-state index contributed by atoms with van der Waals surface area (Å²) >= 11 is 0. The summed E-state index contributed by atoms with van der Waals surface area (Å²) in [5, 5.41) is 0. The van der Waals surface area contributed by atoms with Gasteiger partial charge in [0.1, 0.15) is 11.4 Å². The largest absolute Gasteiger partial charge is 0.332 e. The SMILES string of the molecule is CC#Cc1nc2c(=O)n(C)c(=O)n(C)c2nc1C#CC. The van der Waals surface area contributed by atoms with Gasteiger partial charge in [-0.2, -0.15) is 0 Å². The summed E-state index contributed by atoms with van der Waals surface area (Å²) in [5.74, 6) is 11.0. The fraction of sp³-hybridized carbons (Fsp3) is 0.286. The van der Waals surface area contributed by atoms with E-state index in [1.807, 2.05) is 0 Å². The van der Waals surface area contributed by atoms with E-state index in [-0.39, 0.29) is 11.2 Å². The van der Waals surface area contributed by atoms with Gasteiger partial charge >= 0.3 is 5.69 Å². The van der Waals surface area contributed by atoms with Gasteiger partial charge in [-0.15, -0.1) is 0 Å². The van der Waals surface area contributed by atoms with E-state index in [0.717, 1.165) is 4.57 Å². The first-order valence-corrected chi connectivity index (χ1v) is 5.84. The van der Waals surface area contributed by atoms with Crippen molar-refractivity contribution < 1.29 is 0 Å². The lowest BCUT2D eigenvalue weighted by Crippen LogP contribution is -2.38. The Morgan fingerprint density at radius 3 is 2.00 bits per heavy atom. The van der Waals surface area contributed by atoms with Crippen molar-refractivity contribution >= 4 is 11.2 Å². The van der Waals surface area contributed by atoms with Gasteiger partial charge in [0.15, 0.2) is 11.2 Å². The summed E-state index contributed by atoms with van der Waals surface area (Å²) in [7, 11) is 2.93. The molecule has 2 heterocycles. The molecule has 2 aromatic heterocycles. The lowest BCUT2D eigenvalue weighted by molar-refractivity contribution is 0.703. The third kappa shape index (κ3) is 1.98. The van der Waals surface area contributed by atoms with E-state index < -0.39 is 11.2 Å². The van der Waals surface area contributed by atoms with Gasteiger partial charge in [-0.3, -0.25) is 13.9 Å². The van der Waals surface area contributed by atoms with Crippen molar-refractivity contribution in [2.75, 3.05) is 0 Å². The molecule has 6 nitrogen and oxygen atoms in total. The van der Waals surface area contributed by atoms with Gasteiger partial charge in [-0.05, 0) is 25.7 Å². The van der Waals surface area contributed by atoms with Crippen molar-refractivity contribution in [3.63, 3.8) is 0 Å². The fourth-order valence-electron chi connectivity index (χ4n) is 1.78. The fourth-order valence-corrected chi connectivity index (χ4v) is 1.78. The van der Waals surface area contributed by atoms with Crippen LogP contribution in [0.1, 0.15) is 25.2 Å². The highest BCUT2D eigenvalue weighted by molar-refractivity contribution is 5.71. The van der Waals surface area contributed by atoms with Crippen LogP contribution in [0.3, 0.4) is 0 Å². The van der Waals surface area contributed by atoms with Gasteiger partial charge < -0.3 is 0 Å². The third-order valence-electron chi connectivity index (χ3n) is 2.76. The average molecular weight is 268 g/mol. The van der Waals surface area contributed by atoms with Crippen LogP contribution in [-0.4, -0.2) is 19.1 Å². The Kier molecular flexibility index (Phi) is 3.41. The predicted molar refractivity (Wildman–Crippen MR) is 75.1 cm³/mol. The van der Waals surface area contributed by atoms with Crippen molar-refractivity contribution in [1.29, 1.82) is 0 Å². The van der Waals surface area contributed by atoms with Crippen molar-refractivity contribution in [3.8, 4) is 23.7 Å². The van der Waals surface area contributed by atoms with Gasteiger partial charge in [0, 0.05) is 14.1 Å². The predicted octanol–water partition coefficient (Wildman–Crippen LogP) is -0.230. The molecule has 2 rings (SSSR count). The van der Waals surface area contributed by atoms with Crippen LogP contribution in [0.25, 0.3) is 11.2 Å². The molecule has 0 atom stereocenters. The highest BCUT2D eigenvalue weighted by Crippen LogP contribution is 2.07. The van der Waals surface area contributed by atoms with Crippen molar-refractivity contribution in [3.05, 3.63) is 32.2 Å². The van der Waals surface area contributed by atoms with Crippen LogP contribution in [0.2, 0.25) is 0 Å². The van der Waals surface area contributed by atoms with Crippen LogP contribution < -0.4 is 11.2 Å². The third-order valence-corrected chi connectivity index (χ3v) is 2.76. The standard InChI is InChI=1S/C14H12N4O2/c1-5-7-9-10(8-6-2)16-12-11(15-9)13(19)18(4)14(20)17(12)3/h1-4H3. The molecule has 0 unspecified atom stereocenters. The molecule has 0 aromatic carbocycles. The van der Waals surface area contributed by atoms with E-state index in [1.165, 1.54) is 18.7 Å². The zero-order valence-corrected chi connectivity index (χ0v) is 11.6. The first-order chi connectivity index (χ1) is 9.51. The van der Waals surface area contributed by atoms with Gasteiger partial charge in [-0.25, -0.2) is 14.8 Å². The summed E-state index contributed by atoms with van der Waals surface area (Å²) in [4.78, 5) is 32.4. The number of hydrogen-bond donors (Lipinski definition) is 0. The van der Waals surface area contributed by atoms with Crippen molar-refractivity contribution in [2.45, 2.75) is 13.8 Å². The number of aryl methyl sites for hydroxylation is 1. The van der Waals surface area contributed by atoms with E-state index in [4.69, 9.17) is 0 Å². The second-order valence-corrected chi connectivity index (χ2v) is 4.05. The van der Waals surface area contributed by atoms with Crippen LogP contribution in [-0.2, 0) is 14.1 Å². The van der Waals surface area contributed by atoms with E-state index in [9.17, 15) is 9.59 Å². The summed E-state index contributed by atoms with van der Waals surface area (Å²) < 4.78 is 2.26. The molecule has 0 radical (unpaired) electrons. The Morgan fingerprint density at radius 2 is 1.45 bits per heavy atom. The molecule has 0 saturated carbocycles. The Hall–Kier alpha value is -2.86. The molecule has 2 aromatic rings. The maximum Gasteiger partial charge on any atom is 0.332 e. The van der Waals surface area contributed by atoms with Crippen LogP contribution in [0, 0.1) is 23.7 Å². The Labute approximate surface area is 115 Å². The van der Waals surface area contributed by atoms with Crippen LogP contribution in [0.15, 0.2) is 9.59 Å². The van der Waals surface area contributed by atoms with Gasteiger partial charge in [0.25, 0.3) is 5.56 Å². The monoisotopic (exact) mass is 268 g/mol. The first kappa shape index (κ1) is 13.6. The number of nitrogens with zero attached hydrogens (tertiary/aromatic N) is 4. The van der Waals surface area contributed by atoms with Crippen molar-refractivity contribution in [1.82, 2.24) is 19.1 Å². The topological polar surface area (TPSA) is 69.8 Å².